The Morgan fingerprint density at radius 3 is 2.54 bits per heavy atom. The van der Waals surface area contributed by atoms with Gasteiger partial charge in [0, 0.05) is 18.0 Å². The van der Waals surface area contributed by atoms with Crippen molar-refractivity contribution in [3.63, 3.8) is 0 Å². The van der Waals surface area contributed by atoms with E-state index in [9.17, 15) is 9.18 Å². The summed E-state index contributed by atoms with van der Waals surface area (Å²) in [4.78, 5) is 19.6. The van der Waals surface area contributed by atoms with Crippen LogP contribution in [0.15, 0.2) is 47.5 Å². The number of carbonyl (C=O) groups is 1. The number of carbonyl (C=O) groups excluding carboxylic acids is 1. The zero-order valence-corrected chi connectivity index (χ0v) is 14.2. The van der Waals surface area contributed by atoms with Gasteiger partial charge in [0.25, 0.3) is 0 Å². The molecular weight excluding hydrogens is 325 g/mol. The van der Waals surface area contributed by atoms with E-state index in [1.54, 1.807) is 18.3 Å². The van der Waals surface area contributed by atoms with E-state index < -0.39 is 0 Å². The highest BCUT2D eigenvalue weighted by Crippen LogP contribution is 2.20. The lowest BCUT2D eigenvalue weighted by molar-refractivity contribution is -0.113. The summed E-state index contributed by atoms with van der Waals surface area (Å²) in [5, 5.41) is 2.84. The monoisotopic (exact) mass is 345 g/mol. The number of thioether (sulfide) groups is 1. The van der Waals surface area contributed by atoms with E-state index in [2.05, 4.69) is 15.2 Å². The van der Waals surface area contributed by atoms with Gasteiger partial charge in [0.05, 0.1) is 17.6 Å². The van der Waals surface area contributed by atoms with Gasteiger partial charge in [-0.15, -0.1) is 11.8 Å². The number of anilines is 2. The van der Waals surface area contributed by atoms with Crippen LogP contribution in [0.2, 0.25) is 0 Å². The number of amides is 1. The molecule has 1 aliphatic heterocycles. The van der Waals surface area contributed by atoms with Crippen LogP contribution in [0.3, 0.4) is 0 Å². The molecule has 1 saturated heterocycles. The molecule has 1 aromatic carbocycles. The fraction of sp³-hybridized carbons (Fsp3) is 0.333. The van der Waals surface area contributed by atoms with Gasteiger partial charge in [-0.3, -0.25) is 4.79 Å². The molecule has 0 radical (unpaired) electrons. The molecule has 1 fully saturated rings. The van der Waals surface area contributed by atoms with Gasteiger partial charge in [-0.2, -0.15) is 0 Å². The van der Waals surface area contributed by atoms with E-state index in [0.29, 0.717) is 5.69 Å². The summed E-state index contributed by atoms with van der Waals surface area (Å²) in [6.45, 7) is 2.10. The van der Waals surface area contributed by atoms with Crippen LogP contribution in [0.25, 0.3) is 0 Å². The molecule has 3 rings (SSSR count). The zero-order chi connectivity index (χ0) is 16.8. The van der Waals surface area contributed by atoms with Crippen LogP contribution in [-0.4, -0.2) is 29.7 Å². The molecule has 0 spiro atoms. The first kappa shape index (κ1) is 16.8. The number of hydrogen-bond acceptors (Lipinski definition) is 4. The number of benzene rings is 1. The second-order valence-electron chi connectivity index (χ2n) is 5.74. The van der Waals surface area contributed by atoms with Crippen LogP contribution in [-0.2, 0) is 4.79 Å². The summed E-state index contributed by atoms with van der Waals surface area (Å²) < 4.78 is 12.8. The van der Waals surface area contributed by atoms with Gasteiger partial charge < -0.3 is 10.2 Å². The van der Waals surface area contributed by atoms with Crippen LogP contribution in [0.5, 0.6) is 0 Å². The molecule has 2 aromatic rings. The first-order chi connectivity index (χ1) is 11.7. The average molecular weight is 345 g/mol. The van der Waals surface area contributed by atoms with Gasteiger partial charge >= 0.3 is 0 Å². The molecule has 6 heteroatoms. The summed E-state index contributed by atoms with van der Waals surface area (Å²) in [5.74, 6) is 0.869. The fourth-order valence-electron chi connectivity index (χ4n) is 2.65. The summed E-state index contributed by atoms with van der Waals surface area (Å²) >= 11 is 1.38. The lowest BCUT2D eigenvalue weighted by Crippen LogP contribution is -2.30. The maximum absolute atomic E-state index is 12.8. The van der Waals surface area contributed by atoms with E-state index >= 15 is 0 Å². The minimum absolute atomic E-state index is 0.100. The third-order valence-corrected chi connectivity index (χ3v) is 4.91. The maximum Gasteiger partial charge on any atom is 0.234 e. The normalized spacial score (nSPS) is 14.5. The summed E-state index contributed by atoms with van der Waals surface area (Å²) in [5.41, 5.74) is 0.695. The summed E-state index contributed by atoms with van der Waals surface area (Å²) in [7, 11) is 0. The number of halogens is 1. The van der Waals surface area contributed by atoms with Crippen molar-refractivity contribution in [1.82, 2.24) is 4.98 Å². The number of hydrogen-bond donors (Lipinski definition) is 1. The number of nitrogens with zero attached hydrogens (tertiary/aromatic N) is 2. The second-order valence-corrected chi connectivity index (χ2v) is 6.79. The molecule has 0 aliphatic carbocycles. The number of piperidine rings is 1. The minimum atomic E-state index is -0.274. The summed E-state index contributed by atoms with van der Waals surface area (Å²) in [6, 6.07) is 9.96. The van der Waals surface area contributed by atoms with Crippen molar-refractivity contribution >= 4 is 29.2 Å². The van der Waals surface area contributed by atoms with E-state index in [1.165, 1.54) is 43.2 Å². The van der Waals surface area contributed by atoms with E-state index in [1.807, 2.05) is 12.1 Å². The van der Waals surface area contributed by atoms with Crippen molar-refractivity contribution in [2.75, 3.05) is 29.1 Å². The quantitative estimate of drug-likeness (QED) is 0.834. The summed E-state index contributed by atoms with van der Waals surface area (Å²) in [6.07, 6.45) is 5.41. The van der Waals surface area contributed by atoms with Crippen molar-refractivity contribution in [2.24, 2.45) is 0 Å². The molecule has 4 nitrogen and oxygen atoms in total. The fourth-order valence-corrected chi connectivity index (χ4v) is 3.35. The minimum Gasteiger partial charge on any atom is -0.357 e. The van der Waals surface area contributed by atoms with Gasteiger partial charge in [-0.25, -0.2) is 9.37 Å². The van der Waals surface area contributed by atoms with Gasteiger partial charge in [0.15, 0.2) is 0 Å². The highest BCUT2D eigenvalue weighted by molar-refractivity contribution is 8.00. The highest BCUT2D eigenvalue weighted by Gasteiger charge is 2.12. The van der Waals surface area contributed by atoms with Gasteiger partial charge in [-0.05, 0) is 55.7 Å². The van der Waals surface area contributed by atoms with E-state index in [4.69, 9.17) is 0 Å². The third kappa shape index (κ3) is 4.71. The lowest BCUT2D eigenvalue weighted by atomic mass is 10.1. The second kappa shape index (κ2) is 8.15. The molecular formula is C18H20FN3OS. The number of pyridine rings is 1. The van der Waals surface area contributed by atoms with Gasteiger partial charge in [0.1, 0.15) is 11.6 Å². The molecule has 2 heterocycles. The first-order valence-electron chi connectivity index (χ1n) is 8.10. The molecule has 0 bridgehead atoms. The molecule has 0 atom stereocenters. The third-order valence-electron chi connectivity index (χ3n) is 3.90. The maximum atomic E-state index is 12.8. The Labute approximate surface area is 145 Å². The molecule has 0 saturated carbocycles. The standard InChI is InChI=1S/C18H20FN3OS/c19-14-4-7-16(8-5-14)24-13-18(23)21-15-6-9-17(20-12-15)22-10-2-1-3-11-22/h4-9,12H,1-3,10-11,13H2,(H,21,23). The topological polar surface area (TPSA) is 45.2 Å². The van der Waals surface area contributed by atoms with Crippen LogP contribution in [0, 0.1) is 5.82 Å². The Balaban J connectivity index is 1.49. The van der Waals surface area contributed by atoms with Crippen LogP contribution in [0.1, 0.15) is 19.3 Å². The van der Waals surface area contributed by atoms with Crippen molar-refractivity contribution < 1.29 is 9.18 Å². The molecule has 1 N–H and O–H groups in total. The molecule has 24 heavy (non-hydrogen) atoms. The number of nitrogens with one attached hydrogen (secondary N) is 1. The average Bonchev–Trinajstić information content (AvgIpc) is 2.63. The van der Waals surface area contributed by atoms with Crippen molar-refractivity contribution in [1.29, 1.82) is 0 Å². The Morgan fingerprint density at radius 1 is 1.12 bits per heavy atom. The van der Waals surface area contributed by atoms with Crippen molar-refractivity contribution in [3.8, 4) is 0 Å². The Bertz CT molecular complexity index is 670. The predicted octanol–water partition coefficient (Wildman–Crippen LogP) is 3.94. The number of rotatable bonds is 5. The molecule has 126 valence electrons. The largest absolute Gasteiger partial charge is 0.357 e. The molecule has 1 aliphatic rings. The SMILES string of the molecule is O=C(CSc1ccc(F)cc1)Nc1ccc(N2CCCCC2)nc1. The molecule has 0 unspecified atom stereocenters. The van der Waals surface area contributed by atoms with Gasteiger partial charge in [-0.1, -0.05) is 0 Å². The Morgan fingerprint density at radius 2 is 1.88 bits per heavy atom. The van der Waals surface area contributed by atoms with Gasteiger partial charge in [0.2, 0.25) is 5.91 Å². The zero-order valence-electron chi connectivity index (χ0n) is 13.4. The van der Waals surface area contributed by atoms with Crippen LogP contribution < -0.4 is 10.2 Å². The number of aromatic nitrogens is 1. The molecule has 1 amide bonds. The molecule has 1 aromatic heterocycles. The predicted molar refractivity (Wildman–Crippen MR) is 96.1 cm³/mol. The van der Waals surface area contributed by atoms with Crippen LogP contribution in [0.4, 0.5) is 15.9 Å². The Hall–Kier alpha value is -2.08. The van der Waals surface area contributed by atoms with Crippen molar-refractivity contribution in [2.45, 2.75) is 24.2 Å². The van der Waals surface area contributed by atoms with Crippen molar-refractivity contribution in [3.05, 3.63) is 48.4 Å². The smallest absolute Gasteiger partial charge is 0.234 e. The van der Waals surface area contributed by atoms with Crippen LogP contribution >= 0.6 is 11.8 Å². The highest BCUT2D eigenvalue weighted by atomic mass is 32.2. The van der Waals surface area contributed by atoms with E-state index in [0.717, 1.165) is 23.8 Å². The Kier molecular flexibility index (Phi) is 5.69. The lowest BCUT2D eigenvalue weighted by Gasteiger charge is -2.27. The first-order valence-corrected chi connectivity index (χ1v) is 9.08. The van der Waals surface area contributed by atoms with E-state index in [-0.39, 0.29) is 17.5 Å².